The third kappa shape index (κ3) is 12.1. The third-order valence-electron chi connectivity index (χ3n) is 10.6. The molecular formula is C46H44Cl3N7O9S2. The Morgan fingerprint density at radius 2 is 1.39 bits per heavy atom. The molecule has 21 heteroatoms. The van der Waals surface area contributed by atoms with Crippen LogP contribution in [-0.2, 0) is 45.2 Å². The van der Waals surface area contributed by atoms with Crippen LogP contribution in [0.25, 0.3) is 0 Å². The maximum atomic E-state index is 14.5. The van der Waals surface area contributed by atoms with Gasteiger partial charge >= 0.3 is 18.0 Å². The molecule has 0 saturated carbocycles. The van der Waals surface area contributed by atoms with Gasteiger partial charge in [0, 0.05) is 32.1 Å². The van der Waals surface area contributed by atoms with E-state index < -0.39 is 69.6 Å². The van der Waals surface area contributed by atoms with E-state index in [1.54, 1.807) is 55.6 Å². The summed E-state index contributed by atoms with van der Waals surface area (Å²) < 4.78 is 22.8. The Morgan fingerprint density at radius 3 is 1.88 bits per heavy atom. The zero-order valence-corrected chi connectivity index (χ0v) is 39.9. The number of tetrazole rings is 1. The predicted octanol–water partition coefficient (Wildman–Crippen LogP) is 7.23. The van der Waals surface area contributed by atoms with Crippen LogP contribution in [0.15, 0.2) is 138 Å². The van der Waals surface area contributed by atoms with Gasteiger partial charge in [-0.05, 0) is 51.1 Å². The van der Waals surface area contributed by atoms with Crippen LogP contribution in [0.5, 0.6) is 0 Å². The molecule has 7 rings (SSSR count). The number of nitrogens with zero attached hydrogens (tertiary/aromatic N) is 5. The lowest BCUT2D eigenvalue weighted by molar-refractivity contribution is -0.193. The van der Waals surface area contributed by atoms with Crippen molar-refractivity contribution in [3.8, 4) is 0 Å². The highest BCUT2D eigenvalue weighted by Gasteiger charge is 2.66. The number of halogens is 3. The fourth-order valence-corrected chi connectivity index (χ4v) is 9.98. The molecule has 0 radical (unpaired) electrons. The van der Waals surface area contributed by atoms with Crippen LogP contribution in [0, 0.1) is 0 Å². The second kappa shape index (κ2) is 22.4. The van der Waals surface area contributed by atoms with Crippen molar-refractivity contribution in [2.24, 2.45) is 7.05 Å². The number of aromatic nitrogens is 4. The van der Waals surface area contributed by atoms with Gasteiger partial charge in [0.1, 0.15) is 23.7 Å². The summed E-state index contributed by atoms with van der Waals surface area (Å²) in [5, 5.41) is 16.5. The molecule has 0 aliphatic carbocycles. The predicted molar refractivity (Wildman–Crippen MR) is 252 cm³/mol. The second-order valence-corrected chi connectivity index (χ2v) is 19.7. The van der Waals surface area contributed by atoms with E-state index in [1.807, 2.05) is 72.8 Å². The number of alkyl carbamates (subject to hydrolysis) is 1. The molecule has 350 valence electrons. The lowest BCUT2D eigenvalue weighted by Gasteiger charge is -2.56. The maximum absolute atomic E-state index is 14.5. The fraction of sp³-hybridized carbons (Fsp3) is 0.304. The Balaban J connectivity index is 1.07. The van der Waals surface area contributed by atoms with Gasteiger partial charge in [0.2, 0.25) is 14.9 Å². The number of nitrogens with one attached hydrogen (secondary N) is 2. The number of rotatable bonds is 19. The zero-order valence-electron chi connectivity index (χ0n) is 36.0. The van der Waals surface area contributed by atoms with Gasteiger partial charge in [0.05, 0.1) is 0 Å². The SMILES string of the molecule is CO[C@]1(NC(=O)CCC[C@H](NC(=O)OCC(Cl)(Cl)Cl)C(=O)OC(c2ccccc2)c2ccccc2)C(=O)N2C(C(=O)OC(c3ccccc3)c3ccccc3)=C(CSc3nnnn3C)CS[C@H]21. The first-order chi connectivity index (χ1) is 32.3. The molecule has 1 aromatic heterocycles. The molecule has 1 fully saturated rings. The first kappa shape index (κ1) is 49.3. The molecule has 3 amide bonds. The summed E-state index contributed by atoms with van der Waals surface area (Å²) in [7, 11) is 2.98. The largest absolute Gasteiger partial charge is 0.451 e. The van der Waals surface area contributed by atoms with Crippen LogP contribution >= 0.6 is 58.3 Å². The van der Waals surface area contributed by atoms with Crippen LogP contribution < -0.4 is 10.6 Å². The number of hydrogen-bond acceptors (Lipinski definition) is 14. The Kier molecular flexibility index (Phi) is 16.5. The van der Waals surface area contributed by atoms with E-state index in [-0.39, 0.29) is 36.5 Å². The van der Waals surface area contributed by atoms with Crippen LogP contribution in [0.4, 0.5) is 4.79 Å². The van der Waals surface area contributed by atoms with Gasteiger partial charge in [-0.3, -0.25) is 14.5 Å². The van der Waals surface area contributed by atoms with Gasteiger partial charge in [-0.2, -0.15) is 0 Å². The van der Waals surface area contributed by atoms with Crippen molar-refractivity contribution in [1.82, 2.24) is 35.7 Å². The number of fused-ring (bicyclic) bond motifs is 1. The summed E-state index contributed by atoms with van der Waals surface area (Å²) in [5.74, 6) is -2.37. The maximum Gasteiger partial charge on any atom is 0.407 e. The normalized spacial score (nSPS) is 17.3. The smallest absolute Gasteiger partial charge is 0.407 e. The highest BCUT2D eigenvalue weighted by molar-refractivity contribution is 8.01. The monoisotopic (exact) mass is 1010 g/mol. The number of thioether (sulfide) groups is 2. The van der Waals surface area contributed by atoms with Crippen molar-refractivity contribution in [2.45, 2.75) is 57.6 Å². The van der Waals surface area contributed by atoms with Gasteiger partial charge < -0.3 is 29.6 Å². The average molecular weight is 1010 g/mol. The number of carbonyl (C=O) groups is 5. The summed E-state index contributed by atoms with van der Waals surface area (Å²) in [5.41, 5.74) is 1.53. The summed E-state index contributed by atoms with van der Waals surface area (Å²) in [6, 6.07) is 35.3. The number of ether oxygens (including phenoxy) is 4. The molecule has 16 nitrogen and oxygen atoms in total. The Bertz CT molecular complexity index is 2480. The standard InChI is InChI=1S/C46H44Cl3N7O9S2/c1-55-43(52-53-54-55)67-27-33-26-66-42-46(62-2,41(60)56(42)36(33)40(59)65-38(31-20-11-5-12-21-31)32-22-13-6-14-23-32)51-35(57)25-15-24-34(50-44(61)63-28-45(47,48)49)39(58)64-37(29-16-7-3-8-17-29)30-18-9-4-10-19-30/h3-14,16-23,34,37-38,42H,15,24-28H2,1-2H3,(H,50,61)(H,51,57)/t34-,42-,46+/m0/s1. The number of carbonyl (C=O) groups excluding carboxylic acids is 5. The highest BCUT2D eigenvalue weighted by atomic mass is 35.6. The molecule has 1 saturated heterocycles. The zero-order chi connectivity index (χ0) is 47.6. The van der Waals surface area contributed by atoms with E-state index in [4.69, 9.17) is 53.8 Å². The van der Waals surface area contributed by atoms with Crippen molar-refractivity contribution in [1.29, 1.82) is 0 Å². The molecule has 67 heavy (non-hydrogen) atoms. The number of benzene rings is 4. The van der Waals surface area contributed by atoms with Gasteiger partial charge in [-0.25, -0.2) is 19.1 Å². The van der Waals surface area contributed by atoms with Crippen LogP contribution in [0.2, 0.25) is 0 Å². The lowest BCUT2D eigenvalue weighted by Crippen LogP contribution is -2.80. The topological polar surface area (TPSA) is 193 Å². The molecule has 2 aliphatic rings. The molecule has 3 atom stereocenters. The molecule has 5 aromatic rings. The quantitative estimate of drug-likeness (QED) is 0.0210. The molecule has 0 bridgehead atoms. The fourth-order valence-electron chi connectivity index (χ4n) is 7.38. The number of aryl methyl sites for hydroxylation is 1. The molecule has 4 aromatic carbocycles. The lowest BCUT2D eigenvalue weighted by atomic mass is 9.97. The van der Waals surface area contributed by atoms with Gasteiger partial charge in [-0.1, -0.05) is 168 Å². The number of hydrogen-bond donors (Lipinski definition) is 2. The van der Waals surface area contributed by atoms with Gasteiger partial charge in [0.25, 0.3) is 11.6 Å². The summed E-state index contributed by atoms with van der Waals surface area (Å²) in [6.07, 6.45) is -3.03. The number of methoxy groups -OCH3 is 1. The first-order valence-electron chi connectivity index (χ1n) is 20.8. The molecule has 0 spiro atoms. The summed E-state index contributed by atoms with van der Waals surface area (Å²) in [6.45, 7) is -0.609. The minimum absolute atomic E-state index is 0.0172. The number of β-lactam (4-membered cyclic amide) rings is 1. The number of alkyl halides is 3. The summed E-state index contributed by atoms with van der Waals surface area (Å²) >= 11 is 19.9. The molecule has 2 N–H and O–H groups in total. The Labute approximate surface area is 409 Å². The summed E-state index contributed by atoms with van der Waals surface area (Å²) in [4.78, 5) is 70.9. The van der Waals surface area contributed by atoms with E-state index in [9.17, 15) is 24.0 Å². The van der Waals surface area contributed by atoms with Crippen molar-refractivity contribution < 1.29 is 42.9 Å². The Morgan fingerprint density at radius 1 is 0.851 bits per heavy atom. The van der Waals surface area contributed by atoms with Crippen LogP contribution in [-0.4, -0.2) is 101 Å². The number of amides is 3. The minimum atomic E-state index is -1.92. The van der Waals surface area contributed by atoms with E-state index >= 15 is 0 Å². The molecule has 3 heterocycles. The van der Waals surface area contributed by atoms with E-state index in [2.05, 4.69) is 26.2 Å². The number of esters is 2. The first-order valence-corrected chi connectivity index (χ1v) is 23.9. The minimum Gasteiger partial charge on any atom is -0.451 e. The van der Waals surface area contributed by atoms with Crippen LogP contribution in [0.3, 0.4) is 0 Å². The van der Waals surface area contributed by atoms with Gasteiger partial charge in [-0.15, -0.1) is 16.9 Å². The molecule has 2 aliphatic heterocycles. The average Bonchev–Trinajstić information content (AvgIpc) is 3.76. The third-order valence-corrected chi connectivity index (χ3v) is 13.4. The Hall–Kier alpha value is -5.63. The van der Waals surface area contributed by atoms with Crippen molar-refractivity contribution in [3.05, 3.63) is 155 Å². The van der Waals surface area contributed by atoms with Crippen molar-refractivity contribution in [2.75, 3.05) is 25.2 Å². The van der Waals surface area contributed by atoms with Crippen molar-refractivity contribution in [3.63, 3.8) is 0 Å². The van der Waals surface area contributed by atoms with E-state index in [1.165, 1.54) is 40.2 Å². The van der Waals surface area contributed by atoms with Gasteiger partial charge in [0.15, 0.2) is 12.2 Å². The van der Waals surface area contributed by atoms with E-state index in [0.717, 1.165) is 11.1 Å². The molecular weight excluding hydrogens is 965 g/mol. The molecule has 0 unspecified atom stereocenters. The van der Waals surface area contributed by atoms with Crippen molar-refractivity contribution >= 4 is 88.2 Å². The second-order valence-electron chi connectivity index (χ2n) is 15.2. The van der Waals surface area contributed by atoms with Crippen LogP contribution in [0.1, 0.15) is 53.7 Å². The highest BCUT2D eigenvalue weighted by Crippen LogP contribution is 2.48. The van der Waals surface area contributed by atoms with E-state index in [0.29, 0.717) is 21.9 Å².